The molecule has 1 N–H and O–H groups in total. The molecule has 220 valence electrons. The number of benzene rings is 2. The van der Waals surface area contributed by atoms with E-state index in [1.54, 1.807) is 12.1 Å². The minimum absolute atomic E-state index is 0.0569. The van der Waals surface area contributed by atoms with Crippen LogP contribution in [0.15, 0.2) is 12.1 Å². The van der Waals surface area contributed by atoms with Crippen LogP contribution < -0.4 is 37.9 Å². The highest BCUT2D eigenvalue weighted by atomic mass is 16.7. The molecule has 0 saturated heterocycles. The standard InChI is InChI=1S/C26H38O13/c1-28-12-36-20-10-18(32-5)24(38-14-30-3)16(23(20)34-7)9-17(27)22-25(35-8)21(37-13-29-2)11-19(33-6)26(22)39-15-31-4/h10-11,17,27H,9,12-15H2,1-8H3. The quantitative estimate of drug-likeness (QED) is 0.254. The van der Waals surface area contributed by atoms with Gasteiger partial charge in [-0.2, -0.15) is 0 Å². The lowest BCUT2D eigenvalue weighted by molar-refractivity contribution is 0.0407. The average Bonchev–Trinajstić information content (AvgIpc) is 2.95. The van der Waals surface area contributed by atoms with Gasteiger partial charge in [-0.1, -0.05) is 0 Å². The van der Waals surface area contributed by atoms with Crippen molar-refractivity contribution in [3.8, 4) is 46.0 Å². The molecule has 0 aliphatic carbocycles. The first-order valence-corrected chi connectivity index (χ1v) is 11.7. The summed E-state index contributed by atoms with van der Waals surface area (Å²) in [6, 6.07) is 3.16. The van der Waals surface area contributed by atoms with E-state index < -0.39 is 6.10 Å². The van der Waals surface area contributed by atoms with E-state index in [1.807, 2.05) is 0 Å². The number of aliphatic hydroxyl groups is 1. The fourth-order valence-electron chi connectivity index (χ4n) is 3.79. The molecule has 2 rings (SSSR count). The molecule has 2 aromatic carbocycles. The highest BCUT2D eigenvalue weighted by Gasteiger charge is 2.31. The van der Waals surface area contributed by atoms with Crippen molar-refractivity contribution in [2.24, 2.45) is 0 Å². The molecule has 1 atom stereocenters. The van der Waals surface area contributed by atoms with E-state index in [-0.39, 0.29) is 73.7 Å². The van der Waals surface area contributed by atoms with Crippen LogP contribution in [0.25, 0.3) is 0 Å². The smallest absolute Gasteiger partial charge is 0.188 e. The molecule has 0 aromatic heterocycles. The monoisotopic (exact) mass is 558 g/mol. The van der Waals surface area contributed by atoms with E-state index in [9.17, 15) is 5.11 Å². The maximum absolute atomic E-state index is 11.7. The van der Waals surface area contributed by atoms with E-state index in [0.717, 1.165) is 0 Å². The van der Waals surface area contributed by atoms with Crippen molar-refractivity contribution in [1.29, 1.82) is 0 Å². The second-order valence-electron chi connectivity index (χ2n) is 7.69. The summed E-state index contributed by atoms with van der Waals surface area (Å²) in [5.41, 5.74) is 0.636. The summed E-state index contributed by atoms with van der Waals surface area (Å²) in [6.45, 7) is -0.358. The minimum Gasteiger partial charge on any atom is -0.493 e. The van der Waals surface area contributed by atoms with Crippen molar-refractivity contribution in [3.05, 3.63) is 23.3 Å². The molecule has 1 unspecified atom stereocenters. The van der Waals surface area contributed by atoms with E-state index in [0.29, 0.717) is 17.1 Å². The van der Waals surface area contributed by atoms with Gasteiger partial charge in [0, 0.05) is 52.6 Å². The van der Waals surface area contributed by atoms with Crippen LogP contribution in [0.2, 0.25) is 0 Å². The Morgan fingerprint density at radius 2 is 0.949 bits per heavy atom. The van der Waals surface area contributed by atoms with E-state index in [1.165, 1.54) is 56.9 Å². The van der Waals surface area contributed by atoms with Crippen molar-refractivity contribution in [3.63, 3.8) is 0 Å². The van der Waals surface area contributed by atoms with Crippen molar-refractivity contribution in [1.82, 2.24) is 0 Å². The van der Waals surface area contributed by atoms with Gasteiger partial charge in [-0.05, 0) is 0 Å². The molecular formula is C26H38O13. The highest BCUT2D eigenvalue weighted by Crippen LogP contribution is 2.51. The van der Waals surface area contributed by atoms with Crippen molar-refractivity contribution in [2.75, 3.05) is 84.1 Å². The molecule has 2 aromatic rings. The molecule has 0 amide bonds. The topological polar surface area (TPSA) is 131 Å². The summed E-state index contributed by atoms with van der Waals surface area (Å²) < 4.78 is 65.8. The van der Waals surface area contributed by atoms with Crippen molar-refractivity contribution >= 4 is 0 Å². The molecule has 0 fully saturated rings. The van der Waals surface area contributed by atoms with Crippen LogP contribution >= 0.6 is 0 Å². The van der Waals surface area contributed by atoms with Crippen LogP contribution in [0.5, 0.6) is 46.0 Å². The number of rotatable bonds is 19. The number of hydrogen-bond acceptors (Lipinski definition) is 13. The maximum Gasteiger partial charge on any atom is 0.188 e. The first kappa shape index (κ1) is 31.9. The van der Waals surface area contributed by atoms with Gasteiger partial charge in [0.05, 0.1) is 40.1 Å². The second-order valence-corrected chi connectivity index (χ2v) is 7.69. The van der Waals surface area contributed by atoms with Crippen LogP contribution in [0.4, 0.5) is 0 Å². The zero-order valence-electron chi connectivity index (χ0n) is 23.6. The van der Waals surface area contributed by atoms with Crippen LogP contribution in [0.1, 0.15) is 17.2 Å². The molecule has 0 aliphatic heterocycles. The van der Waals surface area contributed by atoms with Gasteiger partial charge in [0.1, 0.15) is 0 Å². The first-order valence-electron chi connectivity index (χ1n) is 11.7. The van der Waals surface area contributed by atoms with Crippen LogP contribution in [-0.2, 0) is 25.4 Å². The third-order valence-electron chi connectivity index (χ3n) is 5.34. The number of methoxy groups -OCH3 is 8. The average molecular weight is 559 g/mol. The predicted octanol–water partition coefficient (Wildman–Crippen LogP) is 2.93. The Morgan fingerprint density at radius 1 is 0.513 bits per heavy atom. The molecule has 0 heterocycles. The number of ether oxygens (including phenoxy) is 12. The zero-order valence-corrected chi connectivity index (χ0v) is 23.6. The largest absolute Gasteiger partial charge is 0.493 e. The molecule has 0 spiro atoms. The lowest BCUT2D eigenvalue weighted by atomic mass is 9.96. The fraction of sp³-hybridized carbons (Fsp3) is 0.538. The summed E-state index contributed by atoms with van der Waals surface area (Å²) >= 11 is 0. The molecule has 0 saturated carbocycles. The molecule has 0 bridgehead atoms. The van der Waals surface area contributed by atoms with Gasteiger partial charge in [0.2, 0.25) is 0 Å². The normalized spacial score (nSPS) is 11.5. The summed E-state index contributed by atoms with van der Waals surface area (Å²) in [4.78, 5) is 0. The van der Waals surface area contributed by atoms with Crippen molar-refractivity contribution < 1.29 is 61.9 Å². The number of hydrogen-bond donors (Lipinski definition) is 1. The zero-order chi connectivity index (χ0) is 28.8. The SMILES string of the molecule is COCOc1cc(OC)c(OCOC)c(CC(O)c2c(OC)c(OCOC)cc(OC)c2OCOC)c1OC. The van der Waals surface area contributed by atoms with Gasteiger partial charge in [-0.25, -0.2) is 0 Å². The molecular weight excluding hydrogens is 520 g/mol. The third kappa shape index (κ3) is 7.83. The van der Waals surface area contributed by atoms with Crippen LogP contribution in [-0.4, -0.2) is 89.2 Å². The van der Waals surface area contributed by atoms with Gasteiger partial charge in [0.25, 0.3) is 0 Å². The molecule has 13 heteroatoms. The first-order chi connectivity index (χ1) is 18.9. The maximum atomic E-state index is 11.7. The van der Waals surface area contributed by atoms with Gasteiger partial charge in [-0.3, -0.25) is 0 Å². The highest BCUT2D eigenvalue weighted by molar-refractivity contribution is 5.64. The van der Waals surface area contributed by atoms with Gasteiger partial charge >= 0.3 is 0 Å². The Kier molecular flexibility index (Phi) is 13.5. The summed E-state index contributed by atoms with van der Waals surface area (Å²) in [6.07, 6.45) is -1.37. The summed E-state index contributed by atoms with van der Waals surface area (Å²) in [5.74, 6) is 2.10. The Hall–Kier alpha value is -3.36. The third-order valence-corrected chi connectivity index (χ3v) is 5.34. The molecule has 39 heavy (non-hydrogen) atoms. The lowest BCUT2D eigenvalue weighted by Gasteiger charge is -2.25. The fourth-order valence-corrected chi connectivity index (χ4v) is 3.79. The van der Waals surface area contributed by atoms with Gasteiger partial charge in [0.15, 0.2) is 73.2 Å². The minimum atomic E-state index is -1.28. The summed E-state index contributed by atoms with van der Waals surface area (Å²) in [5, 5.41) is 11.7. The Morgan fingerprint density at radius 3 is 1.41 bits per heavy atom. The van der Waals surface area contributed by atoms with E-state index in [4.69, 9.17) is 56.8 Å². The second kappa shape index (κ2) is 16.6. The Bertz CT molecular complexity index is 1030. The van der Waals surface area contributed by atoms with Gasteiger partial charge in [-0.15, -0.1) is 0 Å². The van der Waals surface area contributed by atoms with Gasteiger partial charge < -0.3 is 61.9 Å². The lowest BCUT2D eigenvalue weighted by Crippen LogP contribution is -2.14. The van der Waals surface area contributed by atoms with E-state index >= 15 is 0 Å². The van der Waals surface area contributed by atoms with Crippen molar-refractivity contribution in [2.45, 2.75) is 12.5 Å². The van der Waals surface area contributed by atoms with Crippen LogP contribution in [0, 0.1) is 0 Å². The Labute approximate surface area is 228 Å². The van der Waals surface area contributed by atoms with E-state index in [2.05, 4.69) is 0 Å². The molecule has 0 radical (unpaired) electrons. The van der Waals surface area contributed by atoms with Crippen LogP contribution in [0.3, 0.4) is 0 Å². The predicted molar refractivity (Wildman–Crippen MR) is 138 cm³/mol. The molecule has 0 aliphatic rings. The molecule has 13 nitrogen and oxygen atoms in total. The number of aliphatic hydroxyl groups excluding tert-OH is 1. The summed E-state index contributed by atoms with van der Waals surface area (Å²) in [7, 11) is 11.8. The Balaban J connectivity index is 2.78.